The van der Waals surface area contributed by atoms with E-state index in [1.807, 2.05) is 12.1 Å². The van der Waals surface area contributed by atoms with E-state index in [4.69, 9.17) is 19.4 Å². The lowest BCUT2D eigenvalue weighted by atomic mass is 10.1. The molecule has 1 aliphatic rings. The van der Waals surface area contributed by atoms with Crippen molar-refractivity contribution in [3.8, 4) is 11.5 Å². The molecule has 0 saturated carbocycles. The molecule has 1 aromatic carbocycles. The summed E-state index contributed by atoms with van der Waals surface area (Å²) in [5.41, 5.74) is 3.95. The molecule has 1 aromatic rings. The van der Waals surface area contributed by atoms with Gasteiger partial charge in [-0.1, -0.05) is 12.1 Å². The first-order chi connectivity index (χ1) is 7.86. The normalized spacial score (nSPS) is 13.9. The third-order valence-electron chi connectivity index (χ3n) is 2.42. The van der Waals surface area contributed by atoms with Crippen LogP contribution >= 0.6 is 0 Å². The van der Waals surface area contributed by atoms with E-state index in [2.05, 4.69) is 5.48 Å². The van der Waals surface area contributed by atoms with E-state index in [0.717, 1.165) is 16.9 Å². The van der Waals surface area contributed by atoms with Crippen LogP contribution in [0.2, 0.25) is 0 Å². The monoisotopic (exact) mass is 225 g/mol. The highest BCUT2D eigenvalue weighted by atomic mass is 16.6. The fraction of sp³-hybridized carbons (Fsp3) is 0.455. The Morgan fingerprint density at radius 1 is 1.25 bits per heavy atom. The topological polar surface area (TPSA) is 60.0 Å². The van der Waals surface area contributed by atoms with E-state index in [1.165, 1.54) is 0 Å². The molecule has 5 nitrogen and oxygen atoms in total. The second-order valence-corrected chi connectivity index (χ2v) is 3.51. The van der Waals surface area contributed by atoms with Crippen molar-refractivity contribution in [1.29, 1.82) is 0 Å². The fourth-order valence-corrected chi connectivity index (χ4v) is 1.74. The highest BCUT2D eigenvalue weighted by molar-refractivity contribution is 5.52. The molecule has 2 rings (SSSR count). The van der Waals surface area contributed by atoms with Gasteiger partial charge in [0.05, 0.1) is 6.61 Å². The number of benzene rings is 1. The number of hydrogen-bond donors (Lipinski definition) is 2. The van der Waals surface area contributed by atoms with Crippen molar-refractivity contribution >= 4 is 0 Å². The van der Waals surface area contributed by atoms with Crippen molar-refractivity contribution in [1.82, 2.24) is 5.48 Å². The molecule has 5 heteroatoms. The van der Waals surface area contributed by atoms with E-state index in [9.17, 15) is 0 Å². The number of methoxy groups -OCH3 is 1. The van der Waals surface area contributed by atoms with Crippen molar-refractivity contribution in [2.45, 2.75) is 13.2 Å². The van der Waals surface area contributed by atoms with Crippen molar-refractivity contribution in [3.05, 3.63) is 23.3 Å². The standard InChI is InChI=1S/C11H15NO4/c1-14-7-9-3-2-8(6-12-13)10-11(9)16-5-4-15-10/h2-3,12-13H,4-7H2,1H3. The van der Waals surface area contributed by atoms with Gasteiger partial charge >= 0.3 is 0 Å². The summed E-state index contributed by atoms with van der Waals surface area (Å²) in [6, 6.07) is 3.81. The van der Waals surface area contributed by atoms with Crippen molar-refractivity contribution in [2.75, 3.05) is 20.3 Å². The molecule has 16 heavy (non-hydrogen) atoms. The Morgan fingerprint density at radius 2 is 1.88 bits per heavy atom. The average Bonchev–Trinajstić information content (AvgIpc) is 2.33. The largest absolute Gasteiger partial charge is 0.486 e. The molecule has 0 atom stereocenters. The summed E-state index contributed by atoms with van der Waals surface area (Å²) in [5.74, 6) is 1.42. The molecule has 0 amide bonds. The van der Waals surface area contributed by atoms with Gasteiger partial charge in [-0.3, -0.25) is 0 Å². The third-order valence-corrected chi connectivity index (χ3v) is 2.42. The van der Waals surface area contributed by atoms with Gasteiger partial charge in [-0.05, 0) is 0 Å². The Kier molecular flexibility index (Phi) is 3.61. The molecule has 0 unspecified atom stereocenters. The lowest BCUT2D eigenvalue weighted by Crippen LogP contribution is -2.19. The van der Waals surface area contributed by atoms with Crippen LogP contribution in [0.5, 0.6) is 11.5 Å². The Hall–Kier alpha value is -1.30. The van der Waals surface area contributed by atoms with E-state index in [1.54, 1.807) is 7.11 Å². The maximum Gasteiger partial charge on any atom is 0.167 e. The number of rotatable bonds is 4. The molecule has 0 spiro atoms. The zero-order valence-corrected chi connectivity index (χ0v) is 9.16. The molecule has 1 aliphatic heterocycles. The first-order valence-corrected chi connectivity index (χ1v) is 5.13. The minimum atomic E-state index is 0.332. The summed E-state index contributed by atoms with van der Waals surface area (Å²) in [4.78, 5) is 0. The molecular formula is C11H15NO4. The zero-order chi connectivity index (χ0) is 11.4. The van der Waals surface area contributed by atoms with E-state index >= 15 is 0 Å². The highest BCUT2D eigenvalue weighted by Crippen LogP contribution is 2.37. The summed E-state index contributed by atoms with van der Waals surface area (Å²) in [6.45, 7) is 1.89. The first-order valence-electron chi connectivity index (χ1n) is 5.13. The molecule has 2 N–H and O–H groups in total. The number of hydroxylamine groups is 1. The number of ether oxygens (including phenoxy) is 3. The average molecular weight is 225 g/mol. The Morgan fingerprint density at radius 3 is 2.50 bits per heavy atom. The molecule has 0 aliphatic carbocycles. The van der Waals surface area contributed by atoms with Gasteiger partial charge in [-0.25, -0.2) is 5.48 Å². The molecule has 0 fully saturated rings. The molecule has 0 bridgehead atoms. The van der Waals surface area contributed by atoms with Crippen LogP contribution in [0.25, 0.3) is 0 Å². The molecule has 1 heterocycles. The Balaban J connectivity index is 2.37. The SMILES string of the molecule is COCc1ccc(CNO)c2c1OCCO2. The molecule has 0 aromatic heterocycles. The maximum absolute atomic E-state index is 8.72. The number of nitrogens with one attached hydrogen (secondary N) is 1. The van der Waals surface area contributed by atoms with Gasteiger partial charge in [0.15, 0.2) is 11.5 Å². The van der Waals surface area contributed by atoms with Crippen molar-refractivity contribution < 1.29 is 19.4 Å². The predicted octanol–water partition coefficient (Wildman–Crippen LogP) is 1.08. The Labute approximate surface area is 93.9 Å². The summed E-state index contributed by atoms with van der Waals surface area (Å²) in [6.07, 6.45) is 0. The van der Waals surface area contributed by atoms with E-state index in [0.29, 0.717) is 32.1 Å². The van der Waals surface area contributed by atoms with Crippen LogP contribution in [0.3, 0.4) is 0 Å². The van der Waals surface area contributed by atoms with Gasteiger partial charge in [-0.2, -0.15) is 0 Å². The quantitative estimate of drug-likeness (QED) is 0.751. The minimum Gasteiger partial charge on any atom is -0.486 e. The molecule has 0 radical (unpaired) electrons. The van der Waals surface area contributed by atoms with Gasteiger partial charge in [0.25, 0.3) is 0 Å². The third kappa shape index (κ3) is 2.11. The summed E-state index contributed by atoms with van der Waals surface area (Å²) >= 11 is 0. The summed E-state index contributed by atoms with van der Waals surface area (Å²) in [7, 11) is 1.64. The van der Waals surface area contributed by atoms with Crippen LogP contribution in [-0.4, -0.2) is 25.5 Å². The highest BCUT2D eigenvalue weighted by Gasteiger charge is 2.19. The van der Waals surface area contributed by atoms with E-state index in [-0.39, 0.29) is 0 Å². The van der Waals surface area contributed by atoms with Gasteiger partial charge in [0, 0.05) is 24.8 Å². The predicted molar refractivity (Wildman–Crippen MR) is 56.8 cm³/mol. The first kappa shape index (κ1) is 11.2. The smallest absolute Gasteiger partial charge is 0.167 e. The summed E-state index contributed by atoms with van der Waals surface area (Å²) < 4.78 is 16.2. The van der Waals surface area contributed by atoms with Gasteiger partial charge in [0.1, 0.15) is 13.2 Å². The fourth-order valence-electron chi connectivity index (χ4n) is 1.74. The van der Waals surface area contributed by atoms with Crippen LogP contribution < -0.4 is 15.0 Å². The molecule has 88 valence electrons. The second kappa shape index (κ2) is 5.16. The second-order valence-electron chi connectivity index (χ2n) is 3.51. The van der Waals surface area contributed by atoms with Crippen LogP contribution in [0.4, 0.5) is 0 Å². The molecule has 0 saturated heterocycles. The summed E-state index contributed by atoms with van der Waals surface area (Å²) in [5, 5.41) is 8.72. The lowest BCUT2D eigenvalue weighted by molar-refractivity contribution is 0.143. The lowest BCUT2D eigenvalue weighted by Gasteiger charge is -2.23. The van der Waals surface area contributed by atoms with Crippen LogP contribution in [-0.2, 0) is 17.9 Å². The maximum atomic E-state index is 8.72. The number of fused-ring (bicyclic) bond motifs is 1. The van der Waals surface area contributed by atoms with Crippen LogP contribution in [0, 0.1) is 0 Å². The minimum absolute atomic E-state index is 0.332. The van der Waals surface area contributed by atoms with Crippen LogP contribution in [0.1, 0.15) is 11.1 Å². The van der Waals surface area contributed by atoms with E-state index < -0.39 is 0 Å². The van der Waals surface area contributed by atoms with Gasteiger partial charge < -0.3 is 19.4 Å². The zero-order valence-electron chi connectivity index (χ0n) is 9.16. The van der Waals surface area contributed by atoms with Gasteiger partial charge in [0.2, 0.25) is 0 Å². The Bertz CT molecular complexity index is 332. The van der Waals surface area contributed by atoms with Gasteiger partial charge in [-0.15, -0.1) is 0 Å². The van der Waals surface area contributed by atoms with Crippen molar-refractivity contribution in [3.63, 3.8) is 0 Å². The van der Waals surface area contributed by atoms with Crippen molar-refractivity contribution in [2.24, 2.45) is 0 Å². The van der Waals surface area contributed by atoms with Crippen LogP contribution in [0.15, 0.2) is 12.1 Å². The number of hydrogen-bond acceptors (Lipinski definition) is 5. The molecular weight excluding hydrogens is 210 g/mol.